The molecule has 2 rings (SSSR count). The van der Waals surface area contributed by atoms with Crippen molar-refractivity contribution in [1.82, 2.24) is 4.98 Å². The van der Waals surface area contributed by atoms with Crippen LogP contribution in [0.3, 0.4) is 0 Å². The summed E-state index contributed by atoms with van der Waals surface area (Å²) in [7, 11) is 0. The third-order valence-corrected chi connectivity index (χ3v) is 2.96. The van der Waals surface area contributed by atoms with Gasteiger partial charge < -0.3 is 0 Å². The lowest BCUT2D eigenvalue weighted by Crippen LogP contribution is -1.74. The van der Waals surface area contributed by atoms with Crippen LogP contribution >= 0.6 is 32.8 Å². The highest BCUT2D eigenvalue weighted by Gasteiger charge is 2.02. The van der Waals surface area contributed by atoms with Gasteiger partial charge >= 0.3 is 0 Å². The standard InChI is InChI=1S/C8H5ClFNS.H3P/c9-4-8-11-6-3-5(10)1-2-7(6)12-8;/h1-3H,4H2;1H3. The van der Waals surface area contributed by atoms with E-state index >= 15 is 0 Å². The molecule has 5 heteroatoms. The van der Waals surface area contributed by atoms with Crippen molar-refractivity contribution in [1.29, 1.82) is 0 Å². The van der Waals surface area contributed by atoms with E-state index in [1.807, 2.05) is 0 Å². The van der Waals surface area contributed by atoms with Gasteiger partial charge in [0.25, 0.3) is 0 Å². The average molecular weight is 236 g/mol. The molecule has 13 heavy (non-hydrogen) atoms. The first-order chi connectivity index (χ1) is 5.79. The van der Waals surface area contributed by atoms with Crippen LogP contribution in [0.1, 0.15) is 5.01 Å². The normalized spacial score (nSPS) is 10.0. The van der Waals surface area contributed by atoms with Gasteiger partial charge in [-0.3, -0.25) is 0 Å². The number of thiazole rings is 1. The van der Waals surface area contributed by atoms with E-state index in [-0.39, 0.29) is 15.7 Å². The Balaban J connectivity index is 0.000000845. The van der Waals surface area contributed by atoms with E-state index in [0.717, 1.165) is 9.71 Å². The molecular formula is C8H8ClFNPS. The Hall–Kier alpha value is -0.240. The Morgan fingerprint density at radius 1 is 1.46 bits per heavy atom. The molecule has 1 unspecified atom stereocenters. The van der Waals surface area contributed by atoms with Crippen LogP contribution < -0.4 is 0 Å². The molecule has 1 aromatic carbocycles. The molecule has 2 aromatic rings. The second-order valence-corrected chi connectivity index (χ2v) is 3.74. The number of halogens is 2. The predicted octanol–water partition coefficient (Wildman–Crippen LogP) is 3.23. The quantitative estimate of drug-likeness (QED) is 0.546. The fourth-order valence-corrected chi connectivity index (χ4v) is 2.03. The fraction of sp³-hybridized carbons (Fsp3) is 0.125. The molecule has 0 spiro atoms. The minimum Gasteiger partial charge on any atom is -0.240 e. The number of hydrogen-bond acceptors (Lipinski definition) is 2. The summed E-state index contributed by atoms with van der Waals surface area (Å²) in [6.45, 7) is 0. The zero-order chi connectivity index (χ0) is 8.55. The summed E-state index contributed by atoms with van der Waals surface area (Å²) in [4.78, 5) is 4.14. The Labute approximate surface area is 87.6 Å². The average Bonchev–Trinajstić information content (AvgIpc) is 2.46. The number of benzene rings is 1. The molecule has 70 valence electrons. The monoisotopic (exact) mass is 235 g/mol. The molecule has 0 radical (unpaired) electrons. The number of rotatable bonds is 1. The van der Waals surface area contributed by atoms with Crippen LogP contribution in [0.25, 0.3) is 10.2 Å². The summed E-state index contributed by atoms with van der Waals surface area (Å²) >= 11 is 7.09. The first kappa shape index (κ1) is 10.8. The van der Waals surface area contributed by atoms with Gasteiger partial charge in [-0.05, 0) is 12.1 Å². The van der Waals surface area contributed by atoms with Crippen LogP contribution in [0.5, 0.6) is 0 Å². The van der Waals surface area contributed by atoms with Crippen molar-refractivity contribution in [2.24, 2.45) is 0 Å². The van der Waals surface area contributed by atoms with Crippen LogP contribution in [0.4, 0.5) is 4.39 Å². The Morgan fingerprint density at radius 2 is 2.23 bits per heavy atom. The highest BCUT2D eigenvalue weighted by Crippen LogP contribution is 2.23. The highest BCUT2D eigenvalue weighted by molar-refractivity contribution is 7.18. The second-order valence-electron chi connectivity index (χ2n) is 2.35. The third kappa shape index (κ3) is 2.16. The first-order valence-corrected chi connectivity index (χ1v) is 4.75. The number of hydrogen-bond donors (Lipinski definition) is 0. The van der Waals surface area contributed by atoms with Gasteiger partial charge in [0.15, 0.2) is 0 Å². The van der Waals surface area contributed by atoms with Gasteiger partial charge in [0.1, 0.15) is 10.8 Å². The molecule has 1 nitrogen and oxygen atoms in total. The van der Waals surface area contributed by atoms with Gasteiger partial charge in [-0.1, -0.05) is 0 Å². The van der Waals surface area contributed by atoms with E-state index < -0.39 is 0 Å². The van der Waals surface area contributed by atoms with Crippen LogP contribution in [-0.4, -0.2) is 4.98 Å². The van der Waals surface area contributed by atoms with E-state index in [1.54, 1.807) is 6.07 Å². The fourth-order valence-electron chi connectivity index (χ4n) is 1.01. The summed E-state index contributed by atoms with van der Waals surface area (Å²) in [6, 6.07) is 4.57. The van der Waals surface area contributed by atoms with Crippen LogP contribution in [0, 0.1) is 5.82 Å². The van der Waals surface area contributed by atoms with Gasteiger partial charge in [-0.15, -0.1) is 22.9 Å². The van der Waals surface area contributed by atoms with Gasteiger partial charge in [0.2, 0.25) is 0 Å². The summed E-state index contributed by atoms with van der Waals surface area (Å²) in [6.07, 6.45) is 0. The van der Waals surface area contributed by atoms with Crippen molar-refractivity contribution >= 4 is 43.1 Å². The maximum Gasteiger partial charge on any atom is 0.125 e. The maximum absolute atomic E-state index is 12.7. The number of nitrogens with zero attached hydrogens (tertiary/aromatic N) is 1. The number of fused-ring (bicyclic) bond motifs is 1. The van der Waals surface area contributed by atoms with Gasteiger partial charge in [0.05, 0.1) is 16.1 Å². The molecule has 1 aromatic heterocycles. The van der Waals surface area contributed by atoms with Crippen LogP contribution in [0.15, 0.2) is 18.2 Å². The third-order valence-electron chi connectivity index (χ3n) is 1.51. The lowest BCUT2D eigenvalue weighted by molar-refractivity contribution is 0.629. The molecule has 0 bridgehead atoms. The van der Waals surface area contributed by atoms with Gasteiger partial charge in [-0.25, -0.2) is 9.37 Å². The minimum atomic E-state index is -0.256. The van der Waals surface area contributed by atoms with Crippen LogP contribution in [-0.2, 0) is 5.88 Å². The lowest BCUT2D eigenvalue weighted by Gasteiger charge is -1.85. The van der Waals surface area contributed by atoms with Crippen molar-refractivity contribution in [3.8, 4) is 0 Å². The van der Waals surface area contributed by atoms with E-state index in [9.17, 15) is 4.39 Å². The summed E-state index contributed by atoms with van der Waals surface area (Å²) < 4.78 is 13.7. The summed E-state index contributed by atoms with van der Waals surface area (Å²) in [5, 5.41) is 0.831. The van der Waals surface area contributed by atoms with Crippen molar-refractivity contribution < 1.29 is 4.39 Å². The van der Waals surface area contributed by atoms with Crippen molar-refractivity contribution in [3.63, 3.8) is 0 Å². The predicted molar refractivity (Wildman–Crippen MR) is 60.2 cm³/mol. The molecular weight excluding hydrogens is 228 g/mol. The van der Waals surface area contributed by atoms with E-state index in [0.29, 0.717) is 11.4 Å². The molecule has 0 N–H and O–H groups in total. The molecule has 0 aliphatic carbocycles. The Kier molecular flexibility index (Phi) is 3.60. The first-order valence-electron chi connectivity index (χ1n) is 3.40. The van der Waals surface area contributed by atoms with Crippen molar-refractivity contribution in [2.75, 3.05) is 0 Å². The topological polar surface area (TPSA) is 12.9 Å². The summed E-state index contributed by atoms with van der Waals surface area (Å²) in [5.74, 6) is 0.134. The second kappa shape index (κ2) is 4.32. The molecule has 1 heterocycles. The molecule has 0 aliphatic rings. The maximum atomic E-state index is 12.7. The van der Waals surface area contributed by atoms with Crippen molar-refractivity contribution in [2.45, 2.75) is 5.88 Å². The van der Waals surface area contributed by atoms with Crippen molar-refractivity contribution in [3.05, 3.63) is 29.0 Å². The molecule has 0 aliphatic heterocycles. The zero-order valence-corrected chi connectivity index (χ0v) is 9.74. The number of alkyl halides is 1. The molecule has 0 saturated carbocycles. The van der Waals surface area contributed by atoms with Gasteiger partial charge in [-0.2, -0.15) is 9.90 Å². The SMILES string of the molecule is Fc1ccc2sc(CCl)nc2c1.P. The highest BCUT2D eigenvalue weighted by atomic mass is 35.5. The zero-order valence-electron chi connectivity index (χ0n) is 6.76. The van der Waals surface area contributed by atoms with E-state index in [4.69, 9.17) is 11.6 Å². The largest absolute Gasteiger partial charge is 0.240 e. The van der Waals surface area contributed by atoms with Gasteiger partial charge in [0, 0.05) is 6.07 Å². The van der Waals surface area contributed by atoms with E-state index in [2.05, 4.69) is 4.98 Å². The molecule has 1 atom stereocenters. The Morgan fingerprint density at radius 3 is 2.92 bits per heavy atom. The Bertz CT molecular complexity index is 417. The van der Waals surface area contributed by atoms with Crippen LogP contribution in [0.2, 0.25) is 0 Å². The molecule has 0 saturated heterocycles. The molecule has 0 amide bonds. The lowest BCUT2D eigenvalue weighted by atomic mass is 10.3. The summed E-state index contributed by atoms with van der Waals surface area (Å²) in [5.41, 5.74) is 0.690. The van der Waals surface area contributed by atoms with E-state index in [1.165, 1.54) is 23.5 Å². The number of aromatic nitrogens is 1. The minimum absolute atomic E-state index is 0. The smallest absolute Gasteiger partial charge is 0.125 e. The molecule has 0 fully saturated rings.